The van der Waals surface area contributed by atoms with E-state index < -0.39 is 0 Å². The molecule has 1 aromatic rings. The van der Waals surface area contributed by atoms with Gasteiger partial charge >= 0.3 is 0 Å². The van der Waals surface area contributed by atoms with E-state index in [1.807, 2.05) is 13.1 Å². The fourth-order valence-electron chi connectivity index (χ4n) is 4.01. The summed E-state index contributed by atoms with van der Waals surface area (Å²) in [6, 6.07) is 6.31. The van der Waals surface area contributed by atoms with Crippen LogP contribution in [0.15, 0.2) is 23.2 Å². The van der Waals surface area contributed by atoms with E-state index >= 15 is 0 Å². The first-order valence-electron chi connectivity index (χ1n) is 9.73. The Morgan fingerprint density at radius 1 is 1.19 bits per heavy atom. The van der Waals surface area contributed by atoms with E-state index in [0.717, 1.165) is 37.1 Å². The summed E-state index contributed by atoms with van der Waals surface area (Å²) in [4.78, 5) is 9.14. The highest BCUT2D eigenvalue weighted by atomic mass is 16.5. The van der Waals surface area contributed by atoms with Gasteiger partial charge in [0.1, 0.15) is 0 Å². The molecule has 1 heterocycles. The van der Waals surface area contributed by atoms with Gasteiger partial charge in [-0.2, -0.15) is 0 Å². The zero-order chi connectivity index (χ0) is 20.0. The van der Waals surface area contributed by atoms with E-state index in [1.165, 1.54) is 12.0 Å². The van der Waals surface area contributed by atoms with Gasteiger partial charge in [-0.15, -0.1) is 0 Å². The van der Waals surface area contributed by atoms with Gasteiger partial charge in [-0.3, -0.25) is 4.99 Å². The number of methoxy groups -OCH3 is 2. The first-order chi connectivity index (χ1) is 12.9. The Labute approximate surface area is 164 Å². The molecular weight excluding hydrogens is 340 g/mol. The van der Waals surface area contributed by atoms with Crippen LogP contribution in [-0.4, -0.2) is 70.8 Å². The summed E-state index contributed by atoms with van der Waals surface area (Å²) < 4.78 is 10.8. The molecule has 0 saturated carbocycles. The van der Waals surface area contributed by atoms with Gasteiger partial charge < -0.3 is 24.6 Å². The minimum absolute atomic E-state index is 0.196. The largest absolute Gasteiger partial charge is 0.493 e. The summed E-state index contributed by atoms with van der Waals surface area (Å²) >= 11 is 0. The van der Waals surface area contributed by atoms with Crippen LogP contribution in [-0.2, 0) is 0 Å². The first kappa shape index (κ1) is 21.4. The molecule has 1 saturated heterocycles. The number of nitrogens with zero attached hydrogens (tertiary/aromatic N) is 3. The molecule has 6 heteroatoms. The molecule has 0 spiro atoms. The van der Waals surface area contributed by atoms with Gasteiger partial charge in [0, 0.05) is 26.7 Å². The van der Waals surface area contributed by atoms with E-state index in [4.69, 9.17) is 9.47 Å². The lowest BCUT2D eigenvalue weighted by Gasteiger charge is -2.37. The maximum atomic E-state index is 5.48. The molecule has 1 N–H and O–H groups in total. The number of nitrogens with one attached hydrogen (secondary N) is 1. The maximum Gasteiger partial charge on any atom is 0.193 e. The average molecular weight is 377 g/mol. The minimum atomic E-state index is 0.196. The van der Waals surface area contributed by atoms with Gasteiger partial charge in [0.25, 0.3) is 0 Å². The van der Waals surface area contributed by atoms with Crippen LogP contribution in [0, 0.1) is 11.8 Å². The molecule has 0 amide bonds. The van der Waals surface area contributed by atoms with Crippen LogP contribution in [0.1, 0.15) is 31.9 Å². The zero-order valence-electron chi connectivity index (χ0n) is 18.0. The monoisotopic (exact) mass is 376 g/mol. The van der Waals surface area contributed by atoms with Crippen molar-refractivity contribution < 1.29 is 9.47 Å². The van der Waals surface area contributed by atoms with Crippen LogP contribution >= 0.6 is 0 Å². The van der Waals surface area contributed by atoms with Gasteiger partial charge in [-0.25, -0.2) is 0 Å². The number of ether oxygens (including phenoxy) is 2. The Balaban J connectivity index is 2.12. The second-order valence-electron chi connectivity index (χ2n) is 7.87. The number of piperidine rings is 1. The quantitative estimate of drug-likeness (QED) is 0.611. The van der Waals surface area contributed by atoms with E-state index in [2.05, 4.69) is 60.2 Å². The molecule has 27 heavy (non-hydrogen) atoms. The van der Waals surface area contributed by atoms with E-state index in [9.17, 15) is 0 Å². The summed E-state index contributed by atoms with van der Waals surface area (Å²) in [5.41, 5.74) is 1.18. The molecule has 1 aromatic carbocycles. The summed E-state index contributed by atoms with van der Waals surface area (Å²) in [5.74, 6) is 3.88. The molecule has 0 bridgehead atoms. The fourth-order valence-corrected chi connectivity index (χ4v) is 4.01. The predicted octanol–water partition coefficient (Wildman–Crippen LogP) is 2.86. The van der Waals surface area contributed by atoms with Crippen molar-refractivity contribution in [3.63, 3.8) is 0 Å². The maximum absolute atomic E-state index is 5.48. The molecular formula is C21H36N4O2. The third-order valence-corrected chi connectivity index (χ3v) is 5.25. The van der Waals surface area contributed by atoms with Crippen molar-refractivity contribution in [1.82, 2.24) is 15.1 Å². The molecule has 3 unspecified atom stereocenters. The Morgan fingerprint density at radius 2 is 1.81 bits per heavy atom. The van der Waals surface area contributed by atoms with Gasteiger partial charge in [0.2, 0.25) is 0 Å². The molecule has 0 aromatic heterocycles. The normalized spacial score (nSPS) is 21.9. The highest BCUT2D eigenvalue weighted by molar-refractivity contribution is 5.80. The van der Waals surface area contributed by atoms with E-state index in [1.54, 1.807) is 14.2 Å². The van der Waals surface area contributed by atoms with Crippen LogP contribution in [0.3, 0.4) is 0 Å². The van der Waals surface area contributed by atoms with E-state index in [0.29, 0.717) is 11.8 Å². The summed E-state index contributed by atoms with van der Waals surface area (Å²) in [5, 5.41) is 3.59. The average Bonchev–Trinajstić information content (AvgIpc) is 2.63. The fraction of sp³-hybridized carbons (Fsp3) is 0.667. The molecule has 6 nitrogen and oxygen atoms in total. The Morgan fingerprint density at radius 3 is 2.33 bits per heavy atom. The molecule has 1 fully saturated rings. The molecule has 0 radical (unpaired) electrons. The van der Waals surface area contributed by atoms with Crippen molar-refractivity contribution in [1.29, 1.82) is 0 Å². The number of likely N-dealkylation sites (N-methyl/N-ethyl adjacent to an activating group) is 1. The minimum Gasteiger partial charge on any atom is -0.493 e. The summed E-state index contributed by atoms with van der Waals surface area (Å²) in [6.07, 6.45) is 1.29. The van der Waals surface area contributed by atoms with Gasteiger partial charge in [0.05, 0.1) is 20.3 Å². The van der Waals surface area contributed by atoms with Crippen molar-refractivity contribution in [3.8, 4) is 11.5 Å². The third kappa shape index (κ3) is 5.51. The van der Waals surface area contributed by atoms with Crippen molar-refractivity contribution in [2.45, 2.75) is 26.3 Å². The lowest BCUT2D eigenvalue weighted by Crippen LogP contribution is -2.49. The Hall–Kier alpha value is -1.95. The molecule has 1 aliphatic heterocycles. The van der Waals surface area contributed by atoms with Crippen molar-refractivity contribution >= 4 is 5.96 Å². The lowest BCUT2D eigenvalue weighted by atomic mass is 9.92. The Kier molecular flexibility index (Phi) is 7.78. The lowest BCUT2D eigenvalue weighted by molar-refractivity contribution is 0.206. The number of hydrogen-bond acceptors (Lipinski definition) is 4. The molecule has 1 aliphatic rings. The second kappa shape index (κ2) is 9.83. The molecule has 2 rings (SSSR count). The summed E-state index contributed by atoms with van der Waals surface area (Å²) in [6.45, 7) is 7.54. The highest BCUT2D eigenvalue weighted by Gasteiger charge is 2.25. The SMILES string of the molecule is CN=C(NCC(c1ccc(OC)c(OC)c1)N(C)C)N1CC(C)CC(C)C1. The van der Waals surface area contributed by atoms with Crippen LogP contribution in [0.25, 0.3) is 0 Å². The smallest absolute Gasteiger partial charge is 0.193 e. The standard InChI is InChI=1S/C21H36N4O2/c1-15-10-16(2)14-25(13-15)21(22-3)23-12-18(24(4)5)17-8-9-19(26-6)20(11-17)27-7/h8-9,11,15-16,18H,10,12-14H2,1-7H3,(H,22,23). The van der Waals surface area contributed by atoms with Crippen LogP contribution < -0.4 is 14.8 Å². The predicted molar refractivity (Wildman–Crippen MR) is 112 cm³/mol. The number of benzene rings is 1. The van der Waals surface area contributed by atoms with Crippen molar-refractivity contribution in [3.05, 3.63) is 23.8 Å². The topological polar surface area (TPSA) is 49.3 Å². The van der Waals surface area contributed by atoms with Crippen LogP contribution in [0.2, 0.25) is 0 Å². The van der Waals surface area contributed by atoms with Crippen LogP contribution in [0.4, 0.5) is 0 Å². The van der Waals surface area contributed by atoms with Crippen molar-refractivity contribution in [2.75, 3.05) is 55.0 Å². The number of guanidine groups is 1. The molecule has 3 atom stereocenters. The second-order valence-corrected chi connectivity index (χ2v) is 7.87. The molecule has 0 aliphatic carbocycles. The summed E-state index contributed by atoms with van der Waals surface area (Å²) in [7, 11) is 9.39. The van der Waals surface area contributed by atoms with E-state index in [-0.39, 0.29) is 6.04 Å². The third-order valence-electron chi connectivity index (χ3n) is 5.25. The van der Waals surface area contributed by atoms with Gasteiger partial charge in [-0.05, 0) is 50.0 Å². The van der Waals surface area contributed by atoms with Gasteiger partial charge in [-0.1, -0.05) is 19.9 Å². The number of hydrogen-bond donors (Lipinski definition) is 1. The zero-order valence-corrected chi connectivity index (χ0v) is 18.0. The van der Waals surface area contributed by atoms with Crippen LogP contribution in [0.5, 0.6) is 11.5 Å². The number of aliphatic imine (C=N–C) groups is 1. The van der Waals surface area contributed by atoms with Gasteiger partial charge in [0.15, 0.2) is 17.5 Å². The van der Waals surface area contributed by atoms with Crippen molar-refractivity contribution in [2.24, 2.45) is 16.8 Å². The Bertz CT molecular complexity index is 623. The highest BCUT2D eigenvalue weighted by Crippen LogP contribution is 2.31. The number of likely N-dealkylation sites (tertiary alicyclic amines) is 1. The molecule has 152 valence electrons. The first-order valence-corrected chi connectivity index (χ1v) is 9.73. The number of rotatable bonds is 6.